The summed E-state index contributed by atoms with van der Waals surface area (Å²) in [6.07, 6.45) is 8.13. The Morgan fingerprint density at radius 3 is 2.50 bits per heavy atom. The maximum absolute atomic E-state index is 11.6. The van der Waals surface area contributed by atoms with Crippen LogP contribution in [-0.4, -0.2) is 14.7 Å². The van der Waals surface area contributed by atoms with Gasteiger partial charge in [-0.3, -0.25) is 4.21 Å². The van der Waals surface area contributed by atoms with E-state index in [0.717, 1.165) is 19.3 Å². The lowest BCUT2D eigenvalue weighted by Gasteiger charge is -2.21. The van der Waals surface area contributed by atoms with Crippen molar-refractivity contribution < 1.29 is 4.21 Å². The molecule has 0 aromatic carbocycles. The van der Waals surface area contributed by atoms with Crippen LogP contribution in [0, 0.1) is 0 Å². The minimum atomic E-state index is -0.484. The van der Waals surface area contributed by atoms with Crippen molar-refractivity contribution in [2.75, 3.05) is 0 Å². The van der Waals surface area contributed by atoms with E-state index in [4.69, 9.17) is 0 Å². The quantitative estimate of drug-likeness (QED) is 0.572. The lowest BCUT2D eigenvalue weighted by Crippen LogP contribution is -2.22. The van der Waals surface area contributed by atoms with Crippen molar-refractivity contribution >= 4 is 10.8 Å². The molecule has 2 saturated heterocycles. The predicted molar refractivity (Wildman–Crippen MR) is 52.6 cm³/mol. The Morgan fingerprint density at radius 2 is 2.00 bits per heavy atom. The third-order valence-corrected chi connectivity index (χ3v) is 5.06. The van der Waals surface area contributed by atoms with Gasteiger partial charge >= 0.3 is 0 Å². The van der Waals surface area contributed by atoms with Crippen molar-refractivity contribution in [3.63, 3.8) is 0 Å². The largest absolute Gasteiger partial charge is 0.259 e. The van der Waals surface area contributed by atoms with Crippen LogP contribution in [0.2, 0.25) is 0 Å². The van der Waals surface area contributed by atoms with E-state index < -0.39 is 10.8 Å². The zero-order chi connectivity index (χ0) is 8.55. The number of fused-ring (bicyclic) bond motifs is 2. The standard InChI is InChI=1S/C10H16OS/c1-2-3-8-6-9-4-5-10(7-8)12(9)11/h3,9-10H,2,4-7H2,1H3. The first-order valence-corrected chi connectivity index (χ1v) is 6.16. The van der Waals surface area contributed by atoms with E-state index in [1.807, 2.05) is 0 Å². The molecule has 0 aromatic heterocycles. The summed E-state index contributed by atoms with van der Waals surface area (Å²) in [4.78, 5) is 0. The van der Waals surface area contributed by atoms with Crippen LogP contribution in [0.1, 0.15) is 39.0 Å². The summed E-state index contributed by atoms with van der Waals surface area (Å²) in [6, 6.07) is 0. The predicted octanol–water partition coefficient (Wildman–Crippen LogP) is 2.40. The third kappa shape index (κ3) is 1.37. The summed E-state index contributed by atoms with van der Waals surface area (Å²) in [5, 5.41) is 1.03. The van der Waals surface area contributed by atoms with E-state index in [-0.39, 0.29) is 0 Å². The highest BCUT2D eigenvalue weighted by atomic mass is 32.2. The molecular weight excluding hydrogens is 168 g/mol. The van der Waals surface area contributed by atoms with Gasteiger partial charge in [-0.2, -0.15) is 0 Å². The number of rotatable bonds is 1. The van der Waals surface area contributed by atoms with Crippen LogP contribution < -0.4 is 0 Å². The Hall–Kier alpha value is -0.110. The monoisotopic (exact) mass is 184 g/mol. The van der Waals surface area contributed by atoms with Crippen LogP contribution in [0.4, 0.5) is 0 Å². The molecule has 2 aliphatic rings. The van der Waals surface area contributed by atoms with E-state index in [1.54, 1.807) is 5.57 Å². The van der Waals surface area contributed by atoms with Gasteiger partial charge in [0.05, 0.1) is 0 Å². The molecule has 2 aliphatic heterocycles. The molecule has 1 nitrogen and oxygen atoms in total. The molecule has 2 fully saturated rings. The van der Waals surface area contributed by atoms with E-state index >= 15 is 0 Å². The second-order valence-electron chi connectivity index (χ2n) is 3.83. The molecule has 0 spiro atoms. The van der Waals surface area contributed by atoms with Gasteiger partial charge in [-0.1, -0.05) is 18.6 Å². The Balaban J connectivity index is 2.12. The molecule has 68 valence electrons. The summed E-state index contributed by atoms with van der Waals surface area (Å²) >= 11 is 0. The summed E-state index contributed by atoms with van der Waals surface area (Å²) in [7, 11) is -0.484. The first-order chi connectivity index (χ1) is 5.81. The average Bonchev–Trinajstić information content (AvgIpc) is 2.33. The molecular formula is C10H16OS. The smallest absolute Gasteiger partial charge is 0.0388 e. The van der Waals surface area contributed by atoms with Gasteiger partial charge in [0.25, 0.3) is 0 Å². The van der Waals surface area contributed by atoms with Crippen molar-refractivity contribution in [3.05, 3.63) is 11.6 Å². The summed E-state index contributed by atoms with van der Waals surface area (Å²) in [5.74, 6) is 0. The lowest BCUT2D eigenvalue weighted by atomic mass is 10.1. The van der Waals surface area contributed by atoms with Crippen molar-refractivity contribution in [2.24, 2.45) is 0 Å². The zero-order valence-electron chi connectivity index (χ0n) is 7.58. The molecule has 0 N–H and O–H groups in total. The van der Waals surface area contributed by atoms with Gasteiger partial charge in [-0.05, 0) is 32.1 Å². The SMILES string of the molecule is CCC=C1CC2CCC(C1)S2=O. The minimum Gasteiger partial charge on any atom is -0.259 e. The molecule has 2 heterocycles. The van der Waals surface area contributed by atoms with E-state index in [9.17, 15) is 4.21 Å². The van der Waals surface area contributed by atoms with Gasteiger partial charge in [-0.25, -0.2) is 0 Å². The normalized spacial score (nSPS) is 40.1. The van der Waals surface area contributed by atoms with Crippen molar-refractivity contribution in [3.8, 4) is 0 Å². The van der Waals surface area contributed by atoms with Gasteiger partial charge in [0.1, 0.15) is 0 Å². The van der Waals surface area contributed by atoms with Crippen molar-refractivity contribution in [1.29, 1.82) is 0 Å². The highest BCUT2D eigenvalue weighted by Gasteiger charge is 2.37. The number of allylic oxidation sites excluding steroid dienone is 2. The highest BCUT2D eigenvalue weighted by molar-refractivity contribution is 7.86. The van der Waals surface area contributed by atoms with Crippen molar-refractivity contribution in [2.45, 2.75) is 49.5 Å². The summed E-state index contributed by atoms with van der Waals surface area (Å²) in [5.41, 5.74) is 1.57. The fourth-order valence-electron chi connectivity index (χ4n) is 2.37. The van der Waals surface area contributed by atoms with Gasteiger partial charge in [0.2, 0.25) is 0 Å². The van der Waals surface area contributed by atoms with Crippen LogP contribution >= 0.6 is 0 Å². The van der Waals surface area contributed by atoms with Crippen LogP contribution in [0.25, 0.3) is 0 Å². The minimum absolute atomic E-state index is 0.484. The van der Waals surface area contributed by atoms with Crippen molar-refractivity contribution in [1.82, 2.24) is 0 Å². The molecule has 2 rings (SSSR count). The molecule has 2 atom stereocenters. The maximum Gasteiger partial charge on any atom is 0.0388 e. The van der Waals surface area contributed by atoms with Gasteiger partial charge in [0, 0.05) is 21.3 Å². The highest BCUT2D eigenvalue weighted by Crippen LogP contribution is 2.38. The number of hydrogen-bond donors (Lipinski definition) is 0. The average molecular weight is 184 g/mol. The Morgan fingerprint density at radius 1 is 1.42 bits per heavy atom. The van der Waals surface area contributed by atoms with E-state index in [2.05, 4.69) is 13.0 Å². The van der Waals surface area contributed by atoms with Crippen LogP contribution in [0.15, 0.2) is 11.6 Å². The summed E-state index contributed by atoms with van der Waals surface area (Å²) in [6.45, 7) is 2.18. The van der Waals surface area contributed by atoms with E-state index in [0.29, 0.717) is 10.5 Å². The first kappa shape index (κ1) is 8.49. The Kier molecular flexibility index (Phi) is 2.35. The Bertz CT molecular complexity index is 214. The molecule has 0 amide bonds. The van der Waals surface area contributed by atoms with Crippen LogP contribution in [-0.2, 0) is 10.8 Å². The zero-order valence-corrected chi connectivity index (χ0v) is 8.40. The molecule has 2 unspecified atom stereocenters. The molecule has 2 bridgehead atoms. The summed E-state index contributed by atoms with van der Waals surface area (Å²) < 4.78 is 11.6. The Labute approximate surface area is 76.7 Å². The second kappa shape index (κ2) is 3.33. The molecule has 0 saturated carbocycles. The number of hydrogen-bond acceptors (Lipinski definition) is 1. The van der Waals surface area contributed by atoms with Gasteiger partial charge in [0.15, 0.2) is 0 Å². The van der Waals surface area contributed by atoms with Gasteiger partial charge in [-0.15, -0.1) is 0 Å². The van der Waals surface area contributed by atoms with Crippen LogP contribution in [0.5, 0.6) is 0 Å². The maximum atomic E-state index is 11.6. The molecule has 2 heteroatoms. The van der Waals surface area contributed by atoms with Gasteiger partial charge < -0.3 is 0 Å². The van der Waals surface area contributed by atoms with E-state index in [1.165, 1.54) is 12.8 Å². The van der Waals surface area contributed by atoms with Crippen LogP contribution in [0.3, 0.4) is 0 Å². The fraction of sp³-hybridized carbons (Fsp3) is 0.800. The fourth-order valence-corrected chi connectivity index (χ4v) is 4.41. The first-order valence-electron chi connectivity index (χ1n) is 4.88. The molecule has 0 aliphatic carbocycles. The molecule has 12 heavy (non-hydrogen) atoms. The molecule has 0 aromatic rings. The topological polar surface area (TPSA) is 17.1 Å². The lowest BCUT2D eigenvalue weighted by molar-refractivity contribution is 0.658. The third-order valence-electron chi connectivity index (χ3n) is 2.94. The second-order valence-corrected chi connectivity index (χ2v) is 5.82. The molecule has 0 radical (unpaired) electrons.